The average Bonchev–Trinajstić information content (AvgIpc) is 3.22. The SMILES string of the molecule is CCCCCCCCCCC/C=C\CCCCCCC(O)C(=O)NC(COC1OC(CO)C(O)C(OS(=O)(=O)O)C1O)C(O)/C=C/CCCCCCCCCCCCCC. The molecular formula is C46H87NO12S. The van der Waals surface area contributed by atoms with Gasteiger partial charge in [-0.3, -0.25) is 9.35 Å². The van der Waals surface area contributed by atoms with E-state index in [2.05, 4.69) is 35.5 Å². The highest BCUT2D eigenvalue weighted by Gasteiger charge is 2.48. The number of rotatable bonds is 40. The van der Waals surface area contributed by atoms with E-state index in [0.29, 0.717) is 12.8 Å². The van der Waals surface area contributed by atoms with Gasteiger partial charge in [0.2, 0.25) is 5.91 Å². The molecule has 1 rings (SSSR count). The molecule has 0 aromatic rings. The standard InChI is InChI=1S/C46H87NO12S/c1-3-5-7-9-11-13-15-17-19-20-21-23-25-27-29-31-33-35-40(50)45(53)47-38(37-57-46-43(52)44(59-60(54,55)56)42(51)41(36-48)58-46)39(49)34-32-30-28-26-24-22-18-16-14-12-10-8-6-4-2/h21,23,32,34,38-44,46,48-52H,3-20,22,24-31,33,35-37H2,1-2H3,(H,47,53)(H,54,55,56)/b23-21-,34-32+. The van der Waals surface area contributed by atoms with Gasteiger partial charge in [0.15, 0.2) is 6.29 Å². The zero-order valence-corrected chi connectivity index (χ0v) is 38.2. The van der Waals surface area contributed by atoms with Crippen LogP contribution in [0.2, 0.25) is 0 Å². The number of unbranched alkanes of at least 4 members (excludes halogenated alkanes) is 25. The first-order valence-corrected chi connectivity index (χ1v) is 25.2. The van der Waals surface area contributed by atoms with Crippen LogP contribution in [0.15, 0.2) is 24.3 Å². The number of aliphatic hydroxyl groups excluding tert-OH is 5. The van der Waals surface area contributed by atoms with E-state index in [1.54, 1.807) is 0 Å². The summed E-state index contributed by atoms with van der Waals surface area (Å²) in [6.07, 6.45) is 29.7. The molecule has 1 amide bonds. The Bertz CT molecular complexity index is 1190. The number of allylic oxidation sites excluding steroid dienone is 3. The number of amides is 1. The number of carbonyl (C=O) groups excluding carboxylic acids is 1. The maximum absolute atomic E-state index is 13.1. The van der Waals surface area contributed by atoms with Gasteiger partial charge >= 0.3 is 10.4 Å². The maximum atomic E-state index is 13.1. The number of ether oxygens (including phenoxy) is 2. The molecule has 1 aliphatic rings. The molecule has 354 valence electrons. The summed E-state index contributed by atoms with van der Waals surface area (Å²) in [5.74, 6) is -0.710. The topological polar surface area (TPSA) is 212 Å². The van der Waals surface area contributed by atoms with Gasteiger partial charge in [0.1, 0.15) is 30.5 Å². The fraction of sp³-hybridized carbons (Fsp3) is 0.891. The number of carbonyl (C=O) groups is 1. The van der Waals surface area contributed by atoms with Crippen LogP contribution < -0.4 is 5.32 Å². The summed E-state index contributed by atoms with van der Waals surface area (Å²) in [6, 6.07) is -1.12. The van der Waals surface area contributed by atoms with Crippen LogP contribution in [0, 0.1) is 0 Å². The predicted octanol–water partition coefficient (Wildman–Crippen LogP) is 8.30. The van der Waals surface area contributed by atoms with Crippen molar-refractivity contribution < 1.29 is 57.0 Å². The van der Waals surface area contributed by atoms with Crippen molar-refractivity contribution in [3.63, 3.8) is 0 Å². The molecule has 0 spiro atoms. The summed E-state index contributed by atoms with van der Waals surface area (Å²) in [7, 11) is -5.12. The molecule has 0 saturated carbocycles. The fourth-order valence-corrected chi connectivity index (χ4v) is 8.02. The Morgan fingerprint density at radius 3 is 1.55 bits per heavy atom. The third-order valence-electron chi connectivity index (χ3n) is 11.3. The van der Waals surface area contributed by atoms with Crippen LogP contribution >= 0.6 is 0 Å². The second kappa shape index (κ2) is 37.0. The van der Waals surface area contributed by atoms with E-state index in [1.807, 2.05) is 6.08 Å². The van der Waals surface area contributed by atoms with Crippen molar-refractivity contribution >= 4 is 16.3 Å². The molecule has 1 fully saturated rings. The van der Waals surface area contributed by atoms with Crippen LogP contribution in [0.3, 0.4) is 0 Å². The monoisotopic (exact) mass is 878 g/mol. The first-order valence-electron chi connectivity index (χ1n) is 23.8. The maximum Gasteiger partial charge on any atom is 0.397 e. The van der Waals surface area contributed by atoms with Crippen molar-refractivity contribution in [2.45, 2.75) is 249 Å². The molecule has 60 heavy (non-hydrogen) atoms. The highest BCUT2D eigenvalue weighted by Crippen LogP contribution is 2.26. The second-order valence-corrected chi connectivity index (χ2v) is 17.9. The fourth-order valence-electron chi connectivity index (χ4n) is 7.51. The highest BCUT2D eigenvalue weighted by molar-refractivity contribution is 7.80. The van der Waals surface area contributed by atoms with Gasteiger partial charge in [-0.1, -0.05) is 179 Å². The van der Waals surface area contributed by atoms with E-state index >= 15 is 0 Å². The minimum atomic E-state index is -5.12. The molecule has 0 bridgehead atoms. The van der Waals surface area contributed by atoms with Gasteiger partial charge in [0.05, 0.1) is 25.4 Å². The van der Waals surface area contributed by atoms with E-state index < -0.39 is 78.5 Å². The van der Waals surface area contributed by atoms with E-state index in [-0.39, 0.29) is 6.42 Å². The predicted molar refractivity (Wildman–Crippen MR) is 238 cm³/mol. The highest BCUT2D eigenvalue weighted by atomic mass is 32.3. The Morgan fingerprint density at radius 2 is 1.10 bits per heavy atom. The molecule has 0 radical (unpaired) electrons. The minimum absolute atomic E-state index is 0.230. The molecule has 8 atom stereocenters. The third-order valence-corrected chi connectivity index (χ3v) is 11.8. The second-order valence-electron chi connectivity index (χ2n) is 16.8. The largest absolute Gasteiger partial charge is 0.397 e. The van der Waals surface area contributed by atoms with Crippen molar-refractivity contribution in [2.75, 3.05) is 13.2 Å². The van der Waals surface area contributed by atoms with Crippen LogP contribution in [-0.4, -0.2) is 107 Å². The third kappa shape index (κ3) is 29.0. The van der Waals surface area contributed by atoms with E-state index in [9.17, 15) is 43.3 Å². The van der Waals surface area contributed by atoms with Gasteiger partial charge in [0, 0.05) is 0 Å². The Morgan fingerprint density at radius 1 is 0.667 bits per heavy atom. The Hall–Kier alpha value is -1.46. The van der Waals surface area contributed by atoms with Gasteiger partial charge < -0.3 is 40.3 Å². The summed E-state index contributed by atoms with van der Waals surface area (Å²) < 4.78 is 47.5. The Balaban J connectivity index is 2.58. The molecule has 7 N–H and O–H groups in total. The molecule has 1 aliphatic heterocycles. The molecule has 1 heterocycles. The normalized spacial score (nSPS) is 21.5. The van der Waals surface area contributed by atoms with E-state index in [1.165, 1.54) is 122 Å². The average molecular weight is 878 g/mol. The summed E-state index contributed by atoms with van der Waals surface area (Å²) in [5.41, 5.74) is 0. The van der Waals surface area contributed by atoms with Crippen LogP contribution in [-0.2, 0) is 28.9 Å². The van der Waals surface area contributed by atoms with Crippen LogP contribution in [0.4, 0.5) is 0 Å². The molecule has 13 nitrogen and oxygen atoms in total. The molecule has 0 aromatic carbocycles. The van der Waals surface area contributed by atoms with Gasteiger partial charge in [-0.05, 0) is 44.9 Å². The van der Waals surface area contributed by atoms with Crippen molar-refractivity contribution in [1.29, 1.82) is 0 Å². The first-order chi connectivity index (χ1) is 28.9. The number of aliphatic hydroxyl groups is 5. The lowest BCUT2D eigenvalue weighted by molar-refractivity contribution is -0.298. The minimum Gasteiger partial charge on any atom is -0.394 e. The van der Waals surface area contributed by atoms with Crippen LogP contribution in [0.25, 0.3) is 0 Å². The number of hydrogen-bond acceptors (Lipinski definition) is 11. The Kier molecular flexibility index (Phi) is 34.8. The summed E-state index contributed by atoms with van der Waals surface area (Å²) in [4.78, 5) is 13.1. The Labute approximate surface area is 364 Å². The quantitative estimate of drug-likeness (QED) is 0.0176. The summed E-state index contributed by atoms with van der Waals surface area (Å²) >= 11 is 0. The molecular weight excluding hydrogens is 791 g/mol. The van der Waals surface area contributed by atoms with Crippen LogP contribution in [0.1, 0.15) is 200 Å². The van der Waals surface area contributed by atoms with Gasteiger partial charge in [-0.25, -0.2) is 4.18 Å². The molecule has 1 saturated heterocycles. The smallest absolute Gasteiger partial charge is 0.394 e. The molecule has 0 aromatic heterocycles. The van der Waals surface area contributed by atoms with Gasteiger partial charge in [0.25, 0.3) is 0 Å². The zero-order chi connectivity index (χ0) is 44.3. The van der Waals surface area contributed by atoms with E-state index in [4.69, 9.17) is 9.47 Å². The van der Waals surface area contributed by atoms with Crippen molar-refractivity contribution in [1.82, 2.24) is 5.32 Å². The molecule has 14 heteroatoms. The molecule has 0 aliphatic carbocycles. The van der Waals surface area contributed by atoms with Crippen molar-refractivity contribution in [3.05, 3.63) is 24.3 Å². The van der Waals surface area contributed by atoms with Gasteiger partial charge in [-0.2, -0.15) is 8.42 Å². The van der Waals surface area contributed by atoms with Crippen LogP contribution in [0.5, 0.6) is 0 Å². The lowest BCUT2D eigenvalue weighted by atomic mass is 9.99. The van der Waals surface area contributed by atoms with Crippen molar-refractivity contribution in [3.8, 4) is 0 Å². The lowest BCUT2D eigenvalue weighted by Crippen LogP contribution is -2.61. The first kappa shape index (κ1) is 56.6. The lowest BCUT2D eigenvalue weighted by Gasteiger charge is -2.41. The van der Waals surface area contributed by atoms with Gasteiger partial charge in [-0.15, -0.1) is 0 Å². The van der Waals surface area contributed by atoms with Crippen molar-refractivity contribution in [2.24, 2.45) is 0 Å². The zero-order valence-electron chi connectivity index (χ0n) is 37.4. The summed E-state index contributed by atoms with van der Waals surface area (Å²) in [6.45, 7) is 3.21. The van der Waals surface area contributed by atoms with E-state index in [0.717, 1.165) is 51.4 Å². The number of nitrogens with one attached hydrogen (secondary N) is 1. The molecule has 8 unspecified atom stereocenters. The summed E-state index contributed by atoms with van der Waals surface area (Å²) in [5, 5.41) is 55.2. The number of hydrogen-bond donors (Lipinski definition) is 7.